The van der Waals surface area contributed by atoms with E-state index in [1.807, 2.05) is 0 Å². The zero-order valence-electron chi connectivity index (χ0n) is 12.4. The van der Waals surface area contributed by atoms with Gasteiger partial charge in [-0.15, -0.1) is 0 Å². The summed E-state index contributed by atoms with van der Waals surface area (Å²) in [5, 5.41) is 2.80. The fourth-order valence-electron chi connectivity index (χ4n) is 2.05. The van der Waals surface area contributed by atoms with Gasteiger partial charge in [0, 0.05) is 12.6 Å². The first-order chi connectivity index (χ1) is 10.5. The SMILES string of the molecule is CC(=O)c1ccc[n+](CC(=O)NCCc2ccc(F)cc2)c1. The molecule has 22 heavy (non-hydrogen) atoms. The van der Waals surface area contributed by atoms with E-state index in [-0.39, 0.29) is 24.1 Å². The molecule has 0 saturated carbocycles. The van der Waals surface area contributed by atoms with E-state index < -0.39 is 0 Å². The molecule has 0 aliphatic carbocycles. The molecule has 0 unspecified atom stereocenters. The first-order valence-corrected chi connectivity index (χ1v) is 7.06. The molecule has 0 aliphatic rings. The second kappa shape index (κ2) is 7.45. The van der Waals surface area contributed by atoms with Gasteiger partial charge in [-0.3, -0.25) is 9.59 Å². The van der Waals surface area contributed by atoms with Crippen LogP contribution in [0.1, 0.15) is 22.8 Å². The number of halogens is 1. The van der Waals surface area contributed by atoms with Crippen LogP contribution in [0, 0.1) is 5.82 Å². The molecule has 5 heteroatoms. The zero-order valence-corrected chi connectivity index (χ0v) is 12.4. The average molecular weight is 301 g/mol. The third kappa shape index (κ3) is 4.77. The van der Waals surface area contributed by atoms with Crippen LogP contribution < -0.4 is 9.88 Å². The number of rotatable bonds is 6. The summed E-state index contributed by atoms with van der Waals surface area (Å²) in [6, 6.07) is 9.66. The van der Waals surface area contributed by atoms with Crippen LogP contribution in [0.4, 0.5) is 4.39 Å². The Morgan fingerprint density at radius 2 is 1.91 bits per heavy atom. The van der Waals surface area contributed by atoms with E-state index in [9.17, 15) is 14.0 Å². The molecule has 1 aromatic carbocycles. The molecule has 0 saturated heterocycles. The van der Waals surface area contributed by atoms with Crippen LogP contribution >= 0.6 is 0 Å². The lowest BCUT2D eigenvalue weighted by Crippen LogP contribution is -2.43. The van der Waals surface area contributed by atoms with Gasteiger partial charge in [0.2, 0.25) is 6.54 Å². The van der Waals surface area contributed by atoms with E-state index in [4.69, 9.17) is 0 Å². The highest BCUT2D eigenvalue weighted by Crippen LogP contribution is 2.02. The number of Topliss-reactive ketones (excluding diaryl/α,β-unsaturated/α-hetero) is 1. The number of aromatic nitrogens is 1. The normalized spacial score (nSPS) is 10.3. The highest BCUT2D eigenvalue weighted by molar-refractivity contribution is 5.93. The Bertz CT molecular complexity index is 669. The van der Waals surface area contributed by atoms with Crippen LogP contribution in [-0.2, 0) is 17.8 Å². The Morgan fingerprint density at radius 1 is 1.18 bits per heavy atom. The molecule has 1 N–H and O–H groups in total. The predicted octanol–water partition coefficient (Wildman–Crippen LogP) is 1.67. The van der Waals surface area contributed by atoms with Crippen molar-refractivity contribution in [2.24, 2.45) is 0 Å². The van der Waals surface area contributed by atoms with Crippen LogP contribution in [-0.4, -0.2) is 18.2 Å². The van der Waals surface area contributed by atoms with Crippen LogP contribution in [0.3, 0.4) is 0 Å². The van der Waals surface area contributed by atoms with Crippen molar-refractivity contribution in [3.63, 3.8) is 0 Å². The van der Waals surface area contributed by atoms with Crippen molar-refractivity contribution in [1.29, 1.82) is 0 Å². The number of benzene rings is 1. The van der Waals surface area contributed by atoms with Crippen molar-refractivity contribution in [2.75, 3.05) is 6.54 Å². The van der Waals surface area contributed by atoms with Crippen molar-refractivity contribution < 1.29 is 18.5 Å². The minimum atomic E-state index is -0.269. The summed E-state index contributed by atoms with van der Waals surface area (Å²) in [4.78, 5) is 23.2. The zero-order chi connectivity index (χ0) is 15.9. The topological polar surface area (TPSA) is 50.0 Å². The highest BCUT2D eigenvalue weighted by Gasteiger charge is 2.11. The lowest BCUT2D eigenvalue weighted by Gasteiger charge is -2.04. The highest BCUT2D eigenvalue weighted by atomic mass is 19.1. The van der Waals surface area contributed by atoms with E-state index in [0.29, 0.717) is 18.5 Å². The van der Waals surface area contributed by atoms with Crippen LogP contribution in [0.25, 0.3) is 0 Å². The summed E-state index contributed by atoms with van der Waals surface area (Å²) in [5.41, 5.74) is 1.54. The Balaban J connectivity index is 1.81. The van der Waals surface area contributed by atoms with Gasteiger partial charge in [0.15, 0.2) is 18.2 Å². The fourth-order valence-corrected chi connectivity index (χ4v) is 2.05. The van der Waals surface area contributed by atoms with E-state index in [1.165, 1.54) is 19.1 Å². The van der Waals surface area contributed by atoms with Gasteiger partial charge in [-0.25, -0.2) is 4.39 Å². The molecule has 1 heterocycles. The van der Waals surface area contributed by atoms with Crippen LogP contribution in [0.5, 0.6) is 0 Å². The van der Waals surface area contributed by atoms with E-state index in [2.05, 4.69) is 5.32 Å². The quantitative estimate of drug-likeness (QED) is 0.652. The molecule has 114 valence electrons. The number of ketones is 1. The minimum absolute atomic E-state index is 0.0360. The summed E-state index contributed by atoms with van der Waals surface area (Å²) in [7, 11) is 0. The molecule has 2 rings (SSSR count). The third-order valence-electron chi connectivity index (χ3n) is 3.24. The first kappa shape index (κ1) is 15.8. The molecule has 0 spiro atoms. The fraction of sp³-hybridized carbons (Fsp3) is 0.235. The lowest BCUT2D eigenvalue weighted by atomic mass is 10.1. The van der Waals surface area contributed by atoms with E-state index in [1.54, 1.807) is 41.2 Å². The number of hydrogen-bond donors (Lipinski definition) is 1. The molecule has 0 fully saturated rings. The second-order valence-corrected chi connectivity index (χ2v) is 5.05. The van der Waals surface area contributed by atoms with Crippen LogP contribution in [0.15, 0.2) is 48.8 Å². The number of nitrogens with one attached hydrogen (secondary N) is 1. The largest absolute Gasteiger partial charge is 0.350 e. The molecular formula is C17H18FN2O2+. The molecule has 1 aromatic heterocycles. The smallest absolute Gasteiger partial charge is 0.285 e. The van der Waals surface area contributed by atoms with Gasteiger partial charge >= 0.3 is 0 Å². The summed E-state index contributed by atoms with van der Waals surface area (Å²) in [5.74, 6) is -0.437. The molecule has 0 atom stereocenters. The molecule has 2 aromatic rings. The van der Waals surface area contributed by atoms with Gasteiger partial charge in [0.05, 0.1) is 5.56 Å². The molecule has 0 aliphatic heterocycles. The third-order valence-corrected chi connectivity index (χ3v) is 3.24. The van der Waals surface area contributed by atoms with Crippen molar-refractivity contribution in [3.05, 3.63) is 65.7 Å². The Labute approximate surface area is 128 Å². The van der Waals surface area contributed by atoms with Crippen LogP contribution in [0.2, 0.25) is 0 Å². The Morgan fingerprint density at radius 3 is 2.59 bits per heavy atom. The van der Waals surface area contributed by atoms with Crippen molar-refractivity contribution >= 4 is 11.7 Å². The predicted molar refractivity (Wildman–Crippen MR) is 79.8 cm³/mol. The summed E-state index contributed by atoms with van der Waals surface area (Å²) >= 11 is 0. The molecule has 4 nitrogen and oxygen atoms in total. The molecule has 1 amide bonds. The standard InChI is InChI=1S/C17H17FN2O2/c1-13(21)15-3-2-10-20(11-15)12-17(22)19-9-8-14-4-6-16(18)7-5-14/h2-7,10-11H,8-9,12H2,1H3/p+1. The average Bonchev–Trinajstić information content (AvgIpc) is 2.49. The number of carbonyl (C=O) groups is 2. The Kier molecular flexibility index (Phi) is 5.36. The number of carbonyl (C=O) groups excluding carboxylic acids is 2. The number of hydrogen-bond acceptors (Lipinski definition) is 2. The first-order valence-electron chi connectivity index (χ1n) is 7.06. The molecule has 0 radical (unpaired) electrons. The van der Waals surface area contributed by atoms with Gasteiger partial charge in [-0.2, -0.15) is 4.57 Å². The monoisotopic (exact) mass is 301 g/mol. The number of nitrogens with zero attached hydrogens (tertiary/aromatic N) is 1. The van der Waals surface area contributed by atoms with Crippen molar-refractivity contribution in [2.45, 2.75) is 19.9 Å². The summed E-state index contributed by atoms with van der Waals surface area (Å²) < 4.78 is 14.4. The summed E-state index contributed by atoms with van der Waals surface area (Å²) in [6.45, 7) is 2.13. The Hall–Kier alpha value is -2.56. The molecular weight excluding hydrogens is 283 g/mol. The van der Waals surface area contributed by atoms with Crippen molar-refractivity contribution in [1.82, 2.24) is 5.32 Å². The maximum absolute atomic E-state index is 12.8. The van der Waals surface area contributed by atoms with Gasteiger partial charge in [0.1, 0.15) is 5.82 Å². The minimum Gasteiger partial charge on any atom is -0.350 e. The molecule has 0 bridgehead atoms. The van der Waals surface area contributed by atoms with E-state index >= 15 is 0 Å². The maximum atomic E-state index is 12.8. The van der Waals surface area contributed by atoms with E-state index in [0.717, 1.165) is 5.56 Å². The van der Waals surface area contributed by atoms with Crippen molar-refractivity contribution in [3.8, 4) is 0 Å². The number of pyridine rings is 1. The van der Waals surface area contributed by atoms with Gasteiger partial charge < -0.3 is 5.32 Å². The van der Waals surface area contributed by atoms with Gasteiger partial charge in [-0.05, 0) is 37.1 Å². The number of amides is 1. The summed E-state index contributed by atoms with van der Waals surface area (Å²) in [6.07, 6.45) is 4.04. The lowest BCUT2D eigenvalue weighted by molar-refractivity contribution is -0.684. The second-order valence-electron chi connectivity index (χ2n) is 5.05. The van der Waals surface area contributed by atoms with Gasteiger partial charge in [-0.1, -0.05) is 12.1 Å². The maximum Gasteiger partial charge on any atom is 0.285 e. The van der Waals surface area contributed by atoms with Gasteiger partial charge in [0.25, 0.3) is 5.91 Å².